The quantitative estimate of drug-likeness (QED) is 0.516. The van der Waals surface area contributed by atoms with Crippen molar-refractivity contribution in [3.63, 3.8) is 0 Å². The van der Waals surface area contributed by atoms with Crippen LogP contribution in [0.1, 0.15) is 27.0 Å². The van der Waals surface area contributed by atoms with Gasteiger partial charge in [-0.15, -0.1) is 0 Å². The lowest BCUT2D eigenvalue weighted by Crippen LogP contribution is -2.11. The van der Waals surface area contributed by atoms with Crippen molar-refractivity contribution in [2.75, 3.05) is 0 Å². The molecule has 142 valence electrons. The second-order valence-electron chi connectivity index (χ2n) is 6.87. The van der Waals surface area contributed by atoms with Gasteiger partial charge in [0.2, 0.25) is 5.91 Å². The fourth-order valence-corrected chi connectivity index (χ4v) is 3.57. The number of primary amides is 1. The number of fused-ring (bicyclic) bond motifs is 3. The maximum Gasteiger partial charge on any atom is 0.416 e. The lowest BCUT2D eigenvalue weighted by atomic mass is 10.0. The fourth-order valence-electron chi connectivity index (χ4n) is 3.57. The van der Waals surface area contributed by atoms with Crippen molar-refractivity contribution in [1.29, 1.82) is 0 Å². The van der Waals surface area contributed by atoms with E-state index < -0.39 is 17.6 Å². The predicted molar refractivity (Wildman–Crippen MR) is 103 cm³/mol. The molecular formula is C22H17F3N2O. The number of hydrogen-bond acceptors (Lipinski definition) is 1. The highest BCUT2D eigenvalue weighted by Gasteiger charge is 2.31. The van der Waals surface area contributed by atoms with Gasteiger partial charge in [0.25, 0.3) is 0 Å². The van der Waals surface area contributed by atoms with Crippen LogP contribution in [0.5, 0.6) is 0 Å². The molecule has 0 saturated carbocycles. The summed E-state index contributed by atoms with van der Waals surface area (Å²) >= 11 is 0. The van der Waals surface area contributed by atoms with Crippen LogP contribution in [-0.2, 0) is 12.7 Å². The van der Waals surface area contributed by atoms with Crippen molar-refractivity contribution >= 4 is 27.7 Å². The monoisotopic (exact) mass is 382 g/mol. The normalized spacial score (nSPS) is 12.0. The number of rotatable bonds is 3. The Labute approximate surface area is 159 Å². The van der Waals surface area contributed by atoms with Crippen LogP contribution in [0.25, 0.3) is 21.8 Å². The smallest absolute Gasteiger partial charge is 0.366 e. The molecule has 0 unspecified atom stereocenters. The van der Waals surface area contributed by atoms with Crippen LogP contribution in [0.15, 0.2) is 60.7 Å². The van der Waals surface area contributed by atoms with Crippen LogP contribution in [0.4, 0.5) is 13.2 Å². The average Bonchev–Trinajstić information content (AvgIpc) is 2.96. The second-order valence-corrected chi connectivity index (χ2v) is 6.87. The summed E-state index contributed by atoms with van der Waals surface area (Å²) in [4.78, 5) is 11.9. The Morgan fingerprint density at radius 2 is 1.71 bits per heavy atom. The Kier molecular flexibility index (Phi) is 4.14. The highest BCUT2D eigenvalue weighted by molar-refractivity contribution is 6.18. The number of halogens is 3. The molecule has 0 aliphatic carbocycles. The fraction of sp³-hybridized carbons (Fsp3) is 0.136. The minimum atomic E-state index is -4.45. The van der Waals surface area contributed by atoms with Gasteiger partial charge in [-0.05, 0) is 36.8 Å². The van der Waals surface area contributed by atoms with Gasteiger partial charge in [-0.1, -0.05) is 42.0 Å². The number of hydrogen-bond donors (Lipinski definition) is 1. The molecule has 0 saturated heterocycles. The van der Waals surface area contributed by atoms with Crippen LogP contribution >= 0.6 is 0 Å². The van der Waals surface area contributed by atoms with Gasteiger partial charge in [0.1, 0.15) is 0 Å². The van der Waals surface area contributed by atoms with E-state index in [9.17, 15) is 18.0 Å². The maximum atomic E-state index is 13.3. The Morgan fingerprint density at radius 1 is 1.00 bits per heavy atom. The first-order valence-corrected chi connectivity index (χ1v) is 8.73. The molecule has 0 spiro atoms. The van der Waals surface area contributed by atoms with Crippen molar-refractivity contribution in [2.45, 2.75) is 19.6 Å². The van der Waals surface area contributed by atoms with Crippen molar-refractivity contribution in [2.24, 2.45) is 5.73 Å². The molecular weight excluding hydrogens is 365 g/mol. The second kappa shape index (κ2) is 6.41. The number of nitrogens with two attached hydrogens (primary N) is 1. The first-order valence-electron chi connectivity index (χ1n) is 8.73. The molecule has 6 heteroatoms. The van der Waals surface area contributed by atoms with Crippen LogP contribution in [0, 0.1) is 6.92 Å². The van der Waals surface area contributed by atoms with Gasteiger partial charge in [0.15, 0.2) is 0 Å². The number of carbonyl (C=O) groups excluding carboxylic acids is 1. The van der Waals surface area contributed by atoms with E-state index in [1.807, 2.05) is 31.2 Å². The van der Waals surface area contributed by atoms with Crippen molar-refractivity contribution in [3.8, 4) is 0 Å². The number of nitrogens with zero attached hydrogens (tertiary/aromatic N) is 1. The summed E-state index contributed by atoms with van der Waals surface area (Å²) in [7, 11) is 0. The first-order chi connectivity index (χ1) is 13.3. The van der Waals surface area contributed by atoms with Gasteiger partial charge >= 0.3 is 6.18 Å². The van der Waals surface area contributed by atoms with Crippen LogP contribution in [0.3, 0.4) is 0 Å². The minimum Gasteiger partial charge on any atom is -0.366 e. The largest absolute Gasteiger partial charge is 0.416 e. The molecule has 0 bridgehead atoms. The summed E-state index contributed by atoms with van der Waals surface area (Å²) in [5.41, 5.74) is 8.23. The van der Waals surface area contributed by atoms with E-state index in [-0.39, 0.29) is 0 Å². The molecule has 3 aromatic carbocycles. The van der Waals surface area contributed by atoms with Gasteiger partial charge < -0.3 is 10.3 Å². The molecule has 4 rings (SSSR count). The lowest BCUT2D eigenvalue weighted by Gasteiger charge is -2.10. The zero-order valence-corrected chi connectivity index (χ0v) is 15.0. The van der Waals surface area contributed by atoms with E-state index in [1.54, 1.807) is 22.8 Å². The molecule has 1 aromatic heterocycles. The van der Waals surface area contributed by atoms with Crippen LogP contribution in [0.2, 0.25) is 0 Å². The molecule has 0 atom stereocenters. The minimum absolute atomic E-state index is 0.296. The molecule has 0 aliphatic heterocycles. The molecule has 0 aliphatic rings. The highest BCUT2D eigenvalue weighted by atomic mass is 19.4. The van der Waals surface area contributed by atoms with E-state index in [4.69, 9.17) is 5.73 Å². The summed E-state index contributed by atoms with van der Waals surface area (Å²) in [5, 5.41) is 1.15. The molecule has 3 nitrogen and oxygen atoms in total. The molecule has 28 heavy (non-hydrogen) atoms. The van der Waals surface area contributed by atoms with Gasteiger partial charge in [-0.25, -0.2) is 0 Å². The molecule has 2 N–H and O–H groups in total. The number of aromatic nitrogens is 1. The average molecular weight is 382 g/mol. The topological polar surface area (TPSA) is 48.0 Å². The lowest BCUT2D eigenvalue weighted by molar-refractivity contribution is -0.137. The number of amides is 1. The summed E-state index contributed by atoms with van der Waals surface area (Å²) in [6.07, 6.45) is -4.45. The van der Waals surface area contributed by atoms with Crippen molar-refractivity contribution < 1.29 is 18.0 Å². The standard InChI is InChI=1S/C22H17F3N2O/c1-13-5-7-14(8-6-13)12-27-18-4-2-3-17(21(26)28)20(18)16-10-9-15(11-19(16)27)22(23,24)25/h2-11H,12H2,1H3,(H2,26,28). The van der Waals surface area contributed by atoms with E-state index in [0.717, 1.165) is 23.3 Å². The third-order valence-corrected chi connectivity index (χ3v) is 4.95. The summed E-state index contributed by atoms with van der Waals surface area (Å²) < 4.78 is 41.7. The molecule has 1 amide bonds. The molecule has 0 fully saturated rings. The van der Waals surface area contributed by atoms with Crippen molar-refractivity contribution in [3.05, 3.63) is 82.9 Å². The molecule has 4 aromatic rings. The third-order valence-electron chi connectivity index (χ3n) is 4.95. The van der Waals surface area contributed by atoms with Gasteiger partial charge in [0.05, 0.1) is 16.6 Å². The Bertz CT molecular complexity index is 1200. The zero-order valence-electron chi connectivity index (χ0n) is 15.0. The SMILES string of the molecule is Cc1ccc(Cn2c3cc(C(F)(F)F)ccc3c3c(C(N)=O)cccc32)cc1. The highest BCUT2D eigenvalue weighted by Crippen LogP contribution is 2.37. The Hall–Kier alpha value is -3.28. The molecule has 0 radical (unpaired) electrons. The summed E-state index contributed by atoms with van der Waals surface area (Å²) in [5.74, 6) is -0.611. The summed E-state index contributed by atoms with van der Waals surface area (Å²) in [6, 6.07) is 16.5. The number of aryl methyl sites for hydroxylation is 1. The van der Waals surface area contributed by atoms with Crippen LogP contribution in [-0.4, -0.2) is 10.5 Å². The Balaban J connectivity index is 2.04. The van der Waals surface area contributed by atoms with E-state index in [1.165, 1.54) is 6.07 Å². The number of benzene rings is 3. The van der Waals surface area contributed by atoms with Crippen molar-refractivity contribution in [1.82, 2.24) is 4.57 Å². The number of alkyl halides is 3. The third kappa shape index (κ3) is 3.01. The number of carbonyl (C=O) groups is 1. The van der Waals surface area contributed by atoms with E-state index in [2.05, 4.69) is 0 Å². The van der Waals surface area contributed by atoms with Crippen LogP contribution < -0.4 is 5.73 Å². The van der Waals surface area contributed by atoms with Gasteiger partial charge in [-0.2, -0.15) is 13.2 Å². The predicted octanol–water partition coefficient (Wildman–Crippen LogP) is 5.27. The van der Waals surface area contributed by atoms with Gasteiger partial charge in [0, 0.05) is 22.9 Å². The Morgan fingerprint density at radius 3 is 2.36 bits per heavy atom. The first kappa shape index (κ1) is 18.1. The zero-order chi connectivity index (χ0) is 20.1. The van der Waals surface area contributed by atoms with E-state index >= 15 is 0 Å². The van der Waals surface area contributed by atoms with E-state index in [0.29, 0.717) is 33.9 Å². The molecule has 1 heterocycles. The maximum absolute atomic E-state index is 13.3. The van der Waals surface area contributed by atoms with Gasteiger partial charge in [-0.3, -0.25) is 4.79 Å². The summed E-state index contributed by atoms with van der Waals surface area (Å²) in [6.45, 7) is 2.35.